The van der Waals surface area contributed by atoms with Gasteiger partial charge in [-0.2, -0.15) is 9.61 Å². The van der Waals surface area contributed by atoms with Gasteiger partial charge in [0, 0.05) is 30.3 Å². The molecule has 0 amide bonds. The Balaban J connectivity index is 1.16. The van der Waals surface area contributed by atoms with Crippen LogP contribution in [0.4, 0.5) is 5.82 Å². The molecular weight excluding hydrogens is 518 g/mol. The van der Waals surface area contributed by atoms with Crippen molar-refractivity contribution >= 4 is 27.4 Å². The van der Waals surface area contributed by atoms with E-state index in [-0.39, 0.29) is 11.5 Å². The fourth-order valence-corrected chi connectivity index (χ4v) is 5.57. The highest BCUT2D eigenvalue weighted by Crippen LogP contribution is 2.44. The average Bonchev–Trinajstić information content (AvgIpc) is 3.68. The van der Waals surface area contributed by atoms with Crippen LogP contribution in [0.25, 0.3) is 16.9 Å². The Morgan fingerprint density at radius 1 is 1.00 bits per heavy atom. The summed E-state index contributed by atoms with van der Waals surface area (Å²) in [4.78, 5) is 7.30. The van der Waals surface area contributed by atoms with Crippen LogP contribution in [0.15, 0.2) is 59.2 Å². The van der Waals surface area contributed by atoms with Gasteiger partial charge in [0.2, 0.25) is 0 Å². The van der Waals surface area contributed by atoms with Crippen molar-refractivity contribution in [2.45, 2.75) is 38.1 Å². The third-order valence-corrected chi connectivity index (χ3v) is 7.98. The lowest BCUT2D eigenvalue weighted by Gasteiger charge is -2.32. The Bertz CT molecular complexity index is 1390. The van der Waals surface area contributed by atoms with Gasteiger partial charge in [-0.15, -0.1) is 0 Å². The molecule has 2 aromatic carbocycles. The minimum Gasteiger partial charge on any atom is -0.508 e. The SMILES string of the molecule is Oc1ccc(O)c(CN2CCC(CNc3cc(-c4ccccc4C4CC4)nc4c(Br)cnn34)CC2)c1. The molecule has 1 aliphatic carbocycles. The van der Waals surface area contributed by atoms with E-state index < -0.39 is 0 Å². The maximum absolute atomic E-state index is 10.1. The number of fused-ring (bicyclic) bond motifs is 1. The second-order valence-corrected chi connectivity index (χ2v) is 10.9. The Hall–Kier alpha value is -3.10. The van der Waals surface area contributed by atoms with E-state index in [0.29, 0.717) is 18.4 Å². The highest BCUT2D eigenvalue weighted by molar-refractivity contribution is 9.10. The molecular formula is C28H30BrN5O2. The van der Waals surface area contributed by atoms with Crippen molar-refractivity contribution in [2.75, 3.05) is 25.0 Å². The fraction of sp³-hybridized carbons (Fsp3) is 0.357. The van der Waals surface area contributed by atoms with Crippen molar-refractivity contribution < 1.29 is 10.2 Å². The predicted octanol–water partition coefficient (Wildman–Crippen LogP) is 5.77. The fourth-order valence-electron chi connectivity index (χ4n) is 5.22. The third kappa shape index (κ3) is 4.80. The van der Waals surface area contributed by atoms with Gasteiger partial charge in [-0.1, -0.05) is 24.3 Å². The maximum atomic E-state index is 10.1. The van der Waals surface area contributed by atoms with Crippen molar-refractivity contribution in [1.82, 2.24) is 19.5 Å². The van der Waals surface area contributed by atoms with Crippen molar-refractivity contribution in [3.05, 3.63) is 70.3 Å². The van der Waals surface area contributed by atoms with Crippen molar-refractivity contribution in [3.8, 4) is 22.8 Å². The number of nitrogens with zero attached hydrogens (tertiary/aromatic N) is 4. The zero-order chi connectivity index (χ0) is 24.6. The predicted molar refractivity (Wildman–Crippen MR) is 144 cm³/mol. The zero-order valence-corrected chi connectivity index (χ0v) is 21.7. The molecule has 4 aromatic rings. The monoisotopic (exact) mass is 547 g/mol. The van der Waals surface area contributed by atoms with Crippen LogP contribution in [-0.4, -0.2) is 49.3 Å². The normalized spacial score (nSPS) is 17.0. The van der Waals surface area contributed by atoms with Crippen LogP contribution in [0.2, 0.25) is 0 Å². The Morgan fingerprint density at radius 3 is 2.61 bits per heavy atom. The first-order chi connectivity index (χ1) is 17.5. The number of benzene rings is 2. The van der Waals surface area contributed by atoms with E-state index in [0.717, 1.165) is 59.7 Å². The third-order valence-electron chi connectivity index (χ3n) is 7.42. The van der Waals surface area contributed by atoms with Crippen molar-refractivity contribution in [2.24, 2.45) is 5.92 Å². The number of likely N-dealkylation sites (tertiary alicyclic amines) is 1. The molecule has 8 heteroatoms. The molecule has 2 fully saturated rings. The second-order valence-electron chi connectivity index (χ2n) is 10.0. The molecule has 2 aromatic heterocycles. The number of phenolic OH excluding ortho intramolecular Hbond substituents is 2. The lowest BCUT2D eigenvalue weighted by molar-refractivity contribution is 0.180. The first-order valence-corrected chi connectivity index (χ1v) is 13.4. The lowest BCUT2D eigenvalue weighted by atomic mass is 9.96. The van der Waals surface area contributed by atoms with Gasteiger partial charge in [0.25, 0.3) is 0 Å². The highest BCUT2D eigenvalue weighted by atomic mass is 79.9. The van der Waals surface area contributed by atoms with Crippen LogP contribution >= 0.6 is 15.9 Å². The Kier molecular flexibility index (Phi) is 6.31. The van der Waals surface area contributed by atoms with Gasteiger partial charge in [-0.25, -0.2) is 4.98 Å². The minimum absolute atomic E-state index is 0.190. The van der Waals surface area contributed by atoms with Gasteiger partial charge < -0.3 is 15.5 Å². The van der Waals surface area contributed by atoms with E-state index in [2.05, 4.69) is 61.6 Å². The lowest BCUT2D eigenvalue weighted by Crippen LogP contribution is -2.35. The Labute approximate surface area is 218 Å². The first-order valence-electron chi connectivity index (χ1n) is 12.7. The van der Waals surface area contributed by atoms with Crippen LogP contribution in [0.1, 0.15) is 42.7 Å². The summed E-state index contributed by atoms with van der Waals surface area (Å²) >= 11 is 3.63. The number of aromatic hydroxyl groups is 2. The number of halogens is 1. The van der Waals surface area contributed by atoms with Crippen LogP contribution in [0, 0.1) is 5.92 Å². The molecule has 7 nitrogen and oxygen atoms in total. The summed E-state index contributed by atoms with van der Waals surface area (Å²) in [5.41, 5.74) is 5.17. The van der Waals surface area contributed by atoms with E-state index in [4.69, 9.17) is 4.98 Å². The molecule has 0 bridgehead atoms. The highest BCUT2D eigenvalue weighted by Gasteiger charge is 2.27. The summed E-state index contributed by atoms with van der Waals surface area (Å²) in [7, 11) is 0. The van der Waals surface area contributed by atoms with E-state index in [9.17, 15) is 10.2 Å². The summed E-state index contributed by atoms with van der Waals surface area (Å²) in [5.74, 6) is 2.58. The van der Waals surface area contributed by atoms with Crippen LogP contribution in [-0.2, 0) is 6.54 Å². The number of aromatic nitrogens is 3. The van der Waals surface area contributed by atoms with E-state index in [1.807, 2.05) is 4.52 Å². The summed E-state index contributed by atoms with van der Waals surface area (Å²) in [6.07, 6.45) is 6.45. The molecule has 3 N–H and O–H groups in total. The van der Waals surface area contributed by atoms with Gasteiger partial charge in [0.05, 0.1) is 16.4 Å². The summed E-state index contributed by atoms with van der Waals surface area (Å²) in [6.45, 7) is 3.43. The molecule has 186 valence electrons. The van der Waals surface area contributed by atoms with Crippen LogP contribution in [0.3, 0.4) is 0 Å². The van der Waals surface area contributed by atoms with Gasteiger partial charge in [-0.05, 0) is 90.3 Å². The van der Waals surface area contributed by atoms with Crippen LogP contribution in [0.5, 0.6) is 11.5 Å². The molecule has 0 unspecified atom stereocenters. The first kappa shape index (κ1) is 23.3. The number of phenols is 2. The molecule has 1 aliphatic heterocycles. The zero-order valence-electron chi connectivity index (χ0n) is 20.1. The van der Waals surface area contributed by atoms with Crippen molar-refractivity contribution in [1.29, 1.82) is 0 Å². The van der Waals surface area contributed by atoms with E-state index in [1.165, 1.54) is 30.0 Å². The van der Waals surface area contributed by atoms with Gasteiger partial charge in [-0.3, -0.25) is 4.90 Å². The number of nitrogens with one attached hydrogen (secondary N) is 1. The number of hydrogen-bond donors (Lipinski definition) is 3. The summed E-state index contributed by atoms with van der Waals surface area (Å²) in [6, 6.07) is 15.5. The Morgan fingerprint density at radius 2 is 1.81 bits per heavy atom. The average molecular weight is 548 g/mol. The molecule has 0 atom stereocenters. The van der Waals surface area contributed by atoms with Gasteiger partial charge >= 0.3 is 0 Å². The minimum atomic E-state index is 0.190. The molecule has 1 saturated heterocycles. The topological polar surface area (TPSA) is 85.9 Å². The van der Waals surface area contributed by atoms with E-state index in [1.54, 1.807) is 18.3 Å². The van der Waals surface area contributed by atoms with Gasteiger partial charge in [0.15, 0.2) is 5.65 Å². The molecule has 6 rings (SSSR count). The summed E-state index contributed by atoms with van der Waals surface area (Å²) < 4.78 is 2.77. The molecule has 3 heterocycles. The number of piperidine rings is 1. The molecule has 2 aliphatic rings. The number of rotatable bonds is 7. The smallest absolute Gasteiger partial charge is 0.172 e. The maximum Gasteiger partial charge on any atom is 0.172 e. The standard InChI is InChI=1S/C28H30BrN5O2/c29-24-16-31-34-27(14-25(32-28(24)34)23-4-2-1-3-22(23)19-5-6-19)30-15-18-9-11-33(12-10-18)17-20-13-21(35)7-8-26(20)36/h1-4,7-8,13-14,16,18-19,30,35-36H,5-6,9-12,15,17H2. The second kappa shape index (κ2) is 9.75. The van der Waals surface area contributed by atoms with E-state index >= 15 is 0 Å². The van der Waals surface area contributed by atoms with Gasteiger partial charge in [0.1, 0.15) is 17.3 Å². The molecule has 1 saturated carbocycles. The molecule has 0 radical (unpaired) electrons. The van der Waals surface area contributed by atoms with Crippen LogP contribution < -0.4 is 5.32 Å². The number of hydrogen-bond acceptors (Lipinski definition) is 6. The number of anilines is 1. The quantitative estimate of drug-likeness (QED) is 0.254. The molecule has 0 spiro atoms. The largest absolute Gasteiger partial charge is 0.508 e. The summed E-state index contributed by atoms with van der Waals surface area (Å²) in [5, 5.41) is 28.1. The molecule has 36 heavy (non-hydrogen) atoms. The van der Waals surface area contributed by atoms with Crippen molar-refractivity contribution in [3.63, 3.8) is 0 Å².